The second-order valence-corrected chi connectivity index (χ2v) is 7.86. The average Bonchev–Trinajstić information content (AvgIpc) is 3.09. The molecule has 0 saturated heterocycles. The number of carbonyl (C=O) groups excluding carboxylic acids is 1. The van der Waals surface area contributed by atoms with Gasteiger partial charge in [0.15, 0.2) is 0 Å². The molecule has 0 radical (unpaired) electrons. The number of benzene rings is 1. The minimum atomic E-state index is 0.137. The van der Waals surface area contributed by atoms with Crippen LogP contribution in [0.2, 0.25) is 0 Å². The molecule has 0 unspecified atom stereocenters. The van der Waals surface area contributed by atoms with Crippen LogP contribution in [0.5, 0.6) is 0 Å². The van der Waals surface area contributed by atoms with Crippen LogP contribution < -0.4 is 5.32 Å². The van der Waals surface area contributed by atoms with Crippen LogP contribution in [-0.2, 0) is 11.3 Å². The predicted octanol–water partition coefficient (Wildman–Crippen LogP) is 5.35. The second kappa shape index (κ2) is 9.02. The summed E-state index contributed by atoms with van der Waals surface area (Å²) in [4.78, 5) is 16.7. The van der Waals surface area contributed by atoms with Crippen molar-refractivity contribution in [3.05, 3.63) is 48.0 Å². The molecule has 1 heterocycles. The zero-order chi connectivity index (χ0) is 18.4. The van der Waals surface area contributed by atoms with Gasteiger partial charge in [-0.15, -0.1) is 0 Å². The van der Waals surface area contributed by atoms with Crippen molar-refractivity contribution in [1.82, 2.24) is 9.55 Å². The van der Waals surface area contributed by atoms with Gasteiger partial charge in [-0.2, -0.15) is 0 Å². The third kappa shape index (κ3) is 5.20. The molecule has 1 aliphatic carbocycles. The number of nitrogens with one attached hydrogen (secondary N) is 1. The number of hydrogen-bond donors (Lipinski definition) is 1. The van der Waals surface area contributed by atoms with E-state index in [-0.39, 0.29) is 5.91 Å². The molecule has 1 aromatic heterocycles. The molecule has 140 valence electrons. The third-order valence-electron chi connectivity index (χ3n) is 5.33. The van der Waals surface area contributed by atoms with Gasteiger partial charge in [0.05, 0.1) is 0 Å². The lowest BCUT2D eigenvalue weighted by Crippen LogP contribution is -2.15. The fourth-order valence-electron chi connectivity index (χ4n) is 3.93. The molecular formula is C22H31N3O. The highest BCUT2D eigenvalue weighted by atomic mass is 16.1. The van der Waals surface area contributed by atoms with Crippen molar-refractivity contribution in [3.8, 4) is 0 Å². The molecule has 1 amide bonds. The summed E-state index contributed by atoms with van der Waals surface area (Å²) < 4.78 is 2.18. The highest BCUT2D eigenvalue weighted by Crippen LogP contribution is 2.27. The Hall–Kier alpha value is -2.10. The van der Waals surface area contributed by atoms with Crippen molar-refractivity contribution in [2.45, 2.75) is 71.3 Å². The van der Waals surface area contributed by atoms with Crippen molar-refractivity contribution >= 4 is 11.6 Å². The van der Waals surface area contributed by atoms with Crippen LogP contribution in [0.15, 0.2) is 36.7 Å². The van der Waals surface area contributed by atoms with Crippen molar-refractivity contribution in [2.24, 2.45) is 5.92 Å². The molecule has 1 aromatic carbocycles. The Morgan fingerprint density at radius 3 is 2.85 bits per heavy atom. The number of imidazole rings is 1. The molecular weight excluding hydrogens is 322 g/mol. The first-order valence-corrected chi connectivity index (χ1v) is 10.0. The molecule has 1 aliphatic rings. The maximum Gasteiger partial charge on any atom is 0.224 e. The van der Waals surface area contributed by atoms with Gasteiger partial charge in [0, 0.05) is 37.0 Å². The molecule has 0 atom stereocenters. The van der Waals surface area contributed by atoms with Crippen LogP contribution in [0.4, 0.5) is 5.69 Å². The van der Waals surface area contributed by atoms with E-state index in [0.29, 0.717) is 12.3 Å². The summed E-state index contributed by atoms with van der Waals surface area (Å²) in [6.45, 7) is 5.09. The number of rotatable bonds is 7. The minimum Gasteiger partial charge on any atom is -0.330 e. The van der Waals surface area contributed by atoms with Gasteiger partial charge in [-0.05, 0) is 30.0 Å². The molecule has 0 bridgehead atoms. The smallest absolute Gasteiger partial charge is 0.224 e. The van der Waals surface area contributed by atoms with Gasteiger partial charge < -0.3 is 9.88 Å². The summed E-state index contributed by atoms with van der Waals surface area (Å²) in [5.41, 5.74) is 2.07. The van der Waals surface area contributed by atoms with Crippen LogP contribution in [0, 0.1) is 5.92 Å². The van der Waals surface area contributed by atoms with Crippen LogP contribution in [-0.4, -0.2) is 15.5 Å². The molecule has 4 heteroatoms. The highest BCUT2D eigenvalue weighted by Gasteiger charge is 2.15. The van der Waals surface area contributed by atoms with Crippen molar-refractivity contribution < 1.29 is 4.79 Å². The zero-order valence-corrected chi connectivity index (χ0v) is 16.1. The first kappa shape index (κ1) is 18.7. The fourth-order valence-corrected chi connectivity index (χ4v) is 3.93. The van der Waals surface area contributed by atoms with Gasteiger partial charge in [0.25, 0.3) is 0 Å². The van der Waals surface area contributed by atoms with E-state index >= 15 is 0 Å². The number of hydrogen-bond acceptors (Lipinski definition) is 2. The molecule has 0 spiro atoms. The SMILES string of the molecule is CC(C)c1nccn1Cc1cccc(NC(=O)CCC2CCCCC2)c1. The maximum absolute atomic E-state index is 12.3. The number of carbonyl (C=O) groups is 1. The summed E-state index contributed by atoms with van der Waals surface area (Å²) in [5, 5.41) is 3.08. The monoisotopic (exact) mass is 353 g/mol. The lowest BCUT2D eigenvalue weighted by Gasteiger charge is -2.21. The first-order valence-electron chi connectivity index (χ1n) is 10.0. The maximum atomic E-state index is 12.3. The summed E-state index contributed by atoms with van der Waals surface area (Å²) in [6, 6.07) is 8.15. The van der Waals surface area contributed by atoms with Gasteiger partial charge in [-0.3, -0.25) is 4.79 Å². The van der Waals surface area contributed by atoms with E-state index in [1.807, 2.05) is 24.5 Å². The zero-order valence-electron chi connectivity index (χ0n) is 16.1. The van der Waals surface area contributed by atoms with Crippen LogP contribution in [0.1, 0.15) is 76.1 Å². The van der Waals surface area contributed by atoms with E-state index in [2.05, 4.69) is 40.8 Å². The van der Waals surface area contributed by atoms with Crippen molar-refractivity contribution in [3.63, 3.8) is 0 Å². The minimum absolute atomic E-state index is 0.137. The predicted molar refractivity (Wildman–Crippen MR) is 106 cm³/mol. The topological polar surface area (TPSA) is 46.9 Å². The first-order chi connectivity index (χ1) is 12.6. The lowest BCUT2D eigenvalue weighted by molar-refractivity contribution is -0.116. The third-order valence-corrected chi connectivity index (χ3v) is 5.33. The van der Waals surface area contributed by atoms with Crippen LogP contribution in [0.25, 0.3) is 0 Å². The Labute approximate surface area is 157 Å². The largest absolute Gasteiger partial charge is 0.330 e. The number of nitrogens with zero attached hydrogens (tertiary/aromatic N) is 2. The highest BCUT2D eigenvalue weighted by molar-refractivity contribution is 5.90. The summed E-state index contributed by atoms with van der Waals surface area (Å²) in [5.74, 6) is 2.37. The van der Waals surface area contributed by atoms with E-state index in [0.717, 1.165) is 30.4 Å². The normalized spacial score (nSPS) is 15.3. The quantitative estimate of drug-likeness (QED) is 0.729. The molecule has 26 heavy (non-hydrogen) atoms. The second-order valence-electron chi connectivity index (χ2n) is 7.86. The van der Waals surface area contributed by atoms with E-state index in [4.69, 9.17) is 0 Å². The Kier molecular flexibility index (Phi) is 6.48. The molecule has 4 nitrogen and oxygen atoms in total. The van der Waals surface area contributed by atoms with E-state index < -0.39 is 0 Å². The molecule has 2 aromatic rings. The fraction of sp³-hybridized carbons (Fsp3) is 0.545. The standard InChI is InChI=1S/C22H31N3O/c1-17(2)22-23-13-14-25(22)16-19-9-6-10-20(15-19)24-21(26)12-11-18-7-4-3-5-8-18/h6,9-10,13-15,17-18H,3-5,7-8,11-12,16H2,1-2H3,(H,24,26). The van der Waals surface area contributed by atoms with Gasteiger partial charge in [-0.1, -0.05) is 58.1 Å². The molecule has 1 fully saturated rings. The van der Waals surface area contributed by atoms with Gasteiger partial charge in [0.1, 0.15) is 5.82 Å². The van der Waals surface area contributed by atoms with Gasteiger partial charge in [-0.25, -0.2) is 4.98 Å². The van der Waals surface area contributed by atoms with Gasteiger partial charge in [0.2, 0.25) is 5.91 Å². The van der Waals surface area contributed by atoms with Gasteiger partial charge >= 0.3 is 0 Å². The Morgan fingerprint density at radius 1 is 1.27 bits per heavy atom. The van der Waals surface area contributed by atoms with E-state index in [1.54, 1.807) is 0 Å². The Balaban J connectivity index is 1.55. The molecule has 0 aliphatic heterocycles. The lowest BCUT2D eigenvalue weighted by atomic mass is 9.86. The molecule has 3 rings (SSSR count). The molecule has 1 saturated carbocycles. The van der Waals surface area contributed by atoms with E-state index in [9.17, 15) is 4.79 Å². The summed E-state index contributed by atoms with van der Waals surface area (Å²) >= 11 is 0. The Morgan fingerprint density at radius 2 is 2.08 bits per heavy atom. The molecule has 1 N–H and O–H groups in total. The van der Waals surface area contributed by atoms with E-state index in [1.165, 1.54) is 37.7 Å². The Bertz CT molecular complexity index is 714. The van der Waals surface area contributed by atoms with Crippen LogP contribution in [0.3, 0.4) is 0 Å². The number of amides is 1. The summed E-state index contributed by atoms with van der Waals surface area (Å²) in [7, 11) is 0. The van der Waals surface area contributed by atoms with Crippen molar-refractivity contribution in [1.29, 1.82) is 0 Å². The summed E-state index contributed by atoms with van der Waals surface area (Å²) in [6.07, 6.45) is 12.2. The number of anilines is 1. The number of aromatic nitrogens is 2. The average molecular weight is 354 g/mol. The van der Waals surface area contributed by atoms with Crippen LogP contribution >= 0.6 is 0 Å². The van der Waals surface area contributed by atoms with Crippen molar-refractivity contribution in [2.75, 3.05) is 5.32 Å².